The Balaban J connectivity index is 0.000000268. The number of ketones is 1. The van der Waals surface area contributed by atoms with Gasteiger partial charge in [0.1, 0.15) is 62.3 Å². The summed E-state index contributed by atoms with van der Waals surface area (Å²) >= 11 is 2.35. The molecular formula is C104H132F30I2O7. The number of halogens is 32. The topological polar surface area (TPSA) is 116 Å². The van der Waals surface area contributed by atoms with Crippen LogP contribution in [0.2, 0.25) is 0 Å². The number of phenolic OH excluding ortho intramolecular Hbond substituents is 3. The number of rotatable bonds is 17. The number of carbonyl (C=O) groups excluding carboxylic acids is 1. The molecule has 0 amide bonds. The minimum Gasteiger partial charge on any atom is -0.507 e. The van der Waals surface area contributed by atoms with E-state index in [2.05, 4.69) is 37.2 Å². The summed E-state index contributed by atoms with van der Waals surface area (Å²) in [6.45, 7) is 8.85. The largest absolute Gasteiger partial charge is 0.507 e. The molecule has 7 nitrogen and oxygen atoms in total. The van der Waals surface area contributed by atoms with E-state index < -0.39 is 176 Å². The highest BCUT2D eigenvalue weighted by atomic mass is 127. The zero-order valence-corrected chi connectivity index (χ0v) is 83.4. The van der Waals surface area contributed by atoms with Crippen LogP contribution in [-0.2, 0) is 72.2 Å². The van der Waals surface area contributed by atoms with Crippen LogP contribution in [-0.4, -0.2) is 40.4 Å². The molecule has 8 aliphatic rings. The number of alkyl halides is 30. The van der Waals surface area contributed by atoms with Crippen LogP contribution in [0.1, 0.15) is 371 Å². The lowest BCUT2D eigenvalue weighted by Crippen LogP contribution is -2.37. The summed E-state index contributed by atoms with van der Waals surface area (Å²) in [4.78, 5) is 11.2. The molecule has 4 N–H and O–H groups in total. The van der Waals surface area contributed by atoms with E-state index in [9.17, 15) is 152 Å². The molecule has 39 heteroatoms. The highest BCUT2D eigenvalue weighted by Gasteiger charge is 2.55. The standard InChI is InChI=1S/C24H32F6O.C23H30F6O2.C23H28F6O.C15H26O.C9H5F6IO.C8H3F6IO.2CH4/c1-3-4-15-5-7-16(8-6-15)17-9-11-18(12-10-17)19-13-14-20(31-2)22(24(28,29)30)21(19)23(25,26)27;1-2-3-14-4-6-15(7-5-14)16-10-12-21(31,13-11-16)17-8-9-18(30)20(23(27,28)29)19(17)22(24,25)26;1-2-3-14-4-6-15(7-5-14)16-8-10-17(11-9-16)18-12-13-19(30)21(23(27,28)29)20(18)22(24,25)26;1-2-3-12-4-6-13(7-5-12)14-8-10-15(16)11-9-14;1-17-5-3-2-4(16)6(8(10,11)12)7(5)9(13,14)15;9-7(10,11)5-3(15)1-2-4(16)6(5)8(12,13)14;;/h13-18H,3-12H2,1-2H3;8-9,14-16,30-31H,2-7,10-13H2,1H3;10,12-16,30H,2-9,11H2,1H3;12-14H,2-11H2,1H3;2-3H,1H3;1-2,16H;2*1H4. The lowest BCUT2D eigenvalue weighted by molar-refractivity contribution is -0.165. The van der Waals surface area contributed by atoms with Gasteiger partial charge in [-0.3, -0.25) is 4.79 Å². The van der Waals surface area contributed by atoms with Crippen LogP contribution < -0.4 is 9.47 Å². The molecule has 7 saturated carbocycles. The summed E-state index contributed by atoms with van der Waals surface area (Å²) in [5, 5.41) is 39.1. The molecule has 5 aromatic carbocycles. The number of carbonyl (C=O) groups is 1. The van der Waals surface area contributed by atoms with Crippen LogP contribution in [0.4, 0.5) is 132 Å². The maximum absolute atomic E-state index is 13.8. The molecule has 0 radical (unpaired) electrons. The highest BCUT2D eigenvalue weighted by molar-refractivity contribution is 14.1. The minimum absolute atomic E-state index is 0. The molecule has 0 aromatic heterocycles. The lowest BCUT2D eigenvalue weighted by Gasteiger charge is -2.42. The first-order valence-corrected chi connectivity index (χ1v) is 50.5. The molecule has 5 aromatic rings. The maximum Gasteiger partial charge on any atom is 0.420 e. The van der Waals surface area contributed by atoms with Crippen LogP contribution in [0.5, 0.6) is 28.7 Å². The van der Waals surface area contributed by atoms with Gasteiger partial charge in [-0.05, 0) is 322 Å². The molecule has 0 bridgehead atoms. The number of allylic oxidation sites excluding steroid dienone is 2. The first-order valence-electron chi connectivity index (χ1n) is 48.3. The van der Waals surface area contributed by atoms with Gasteiger partial charge in [-0.2, -0.15) is 132 Å². The summed E-state index contributed by atoms with van der Waals surface area (Å²) in [5.41, 5.74) is -21.7. The molecule has 0 saturated heterocycles. The van der Waals surface area contributed by atoms with Crippen molar-refractivity contribution in [2.45, 2.75) is 366 Å². The second-order valence-electron chi connectivity index (χ2n) is 39.1. The van der Waals surface area contributed by atoms with E-state index in [-0.39, 0.29) is 39.2 Å². The SMILES string of the molecule is C.C.CCCC1CCC(C2CC=C(c3ccc(O)c(C(F)(F)F)c3C(F)(F)F)CC2)CC1.CCCC1CCC(C2CCC(=O)CC2)CC1.CCCC1CCC(C2CCC(O)(c3ccc(O)c(C(F)(F)F)c3C(F)(F)F)CC2)CC1.CCCC1CCC(C2CCC(c3ccc(OC)c(C(F)(F)F)c3C(F)(F)F)CC2)CC1.COc1ccc(I)c(C(F)(F)F)c1C(F)(F)F.Oc1ccc(I)c(C(F)(F)F)c1C(F)(F)F. The van der Waals surface area contributed by atoms with Gasteiger partial charge >= 0.3 is 61.8 Å². The number of Topliss-reactive ketones (excluding diaryl/α,β-unsaturated/α-hetero) is 1. The number of phenols is 3. The van der Waals surface area contributed by atoms with Crippen molar-refractivity contribution in [3.8, 4) is 28.7 Å². The number of methoxy groups -OCH3 is 2. The average molecular weight is 2320 g/mol. The van der Waals surface area contributed by atoms with E-state index in [0.717, 1.165) is 185 Å². The van der Waals surface area contributed by atoms with Crippen LogP contribution in [0.3, 0.4) is 0 Å². The maximum atomic E-state index is 13.8. The van der Waals surface area contributed by atoms with Crippen molar-refractivity contribution in [2.24, 2.45) is 71.0 Å². The lowest BCUT2D eigenvalue weighted by atomic mass is 9.66. The zero-order valence-electron chi connectivity index (χ0n) is 79.0. The minimum atomic E-state index is -5.39. The Morgan fingerprint density at radius 3 is 0.902 bits per heavy atom. The van der Waals surface area contributed by atoms with Crippen LogP contribution in [0.25, 0.3) is 5.57 Å². The van der Waals surface area contributed by atoms with Crippen molar-refractivity contribution in [1.82, 2.24) is 0 Å². The molecule has 13 rings (SSSR count). The van der Waals surface area contributed by atoms with Crippen LogP contribution in [0.15, 0.2) is 66.7 Å². The van der Waals surface area contributed by atoms with E-state index in [4.69, 9.17) is 5.11 Å². The molecule has 1 unspecified atom stereocenters. The van der Waals surface area contributed by atoms with E-state index in [1.807, 2.05) is 0 Å². The van der Waals surface area contributed by atoms with E-state index in [1.54, 1.807) is 6.08 Å². The Morgan fingerprint density at radius 1 is 0.308 bits per heavy atom. The van der Waals surface area contributed by atoms with Gasteiger partial charge in [-0.15, -0.1) is 0 Å². The van der Waals surface area contributed by atoms with Crippen molar-refractivity contribution in [1.29, 1.82) is 0 Å². The van der Waals surface area contributed by atoms with Gasteiger partial charge in [-0.1, -0.05) is 170 Å². The fourth-order valence-corrected chi connectivity index (χ4v) is 24.8. The Labute approximate surface area is 844 Å². The van der Waals surface area contributed by atoms with Gasteiger partial charge in [0.05, 0.1) is 47.6 Å². The monoisotopic (exact) mass is 2320 g/mol. The third kappa shape index (κ3) is 34.2. The number of hydrogen-bond acceptors (Lipinski definition) is 7. The van der Waals surface area contributed by atoms with Crippen molar-refractivity contribution in [3.63, 3.8) is 0 Å². The first-order chi connectivity index (χ1) is 65.4. The van der Waals surface area contributed by atoms with E-state index in [0.29, 0.717) is 98.0 Å². The summed E-state index contributed by atoms with van der Waals surface area (Å²) < 4.78 is 402. The summed E-state index contributed by atoms with van der Waals surface area (Å²) in [7, 11) is 1.85. The predicted molar refractivity (Wildman–Crippen MR) is 503 cm³/mol. The third-order valence-corrected chi connectivity index (χ3v) is 31.9. The molecule has 0 spiro atoms. The van der Waals surface area contributed by atoms with Gasteiger partial charge in [-0.25, -0.2) is 0 Å². The Bertz CT molecular complexity index is 4770. The van der Waals surface area contributed by atoms with E-state index in [1.165, 1.54) is 151 Å². The van der Waals surface area contributed by atoms with Crippen molar-refractivity contribution >= 4 is 56.5 Å². The van der Waals surface area contributed by atoms with Crippen LogP contribution in [0, 0.1) is 78.2 Å². The molecule has 143 heavy (non-hydrogen) atoms. The Kier molecular flexibility index (Phi) is 46.1. The number of hydrogen-bond donors (Lipinski definition) is 4. The van der Waals surface area contributed by atoms with Gasteiger partial charge in [0.2, 0.25) is 0 Å². The van der Waals surface area contributed by atoms with Crippen molar-refractivity contribution in [2.75, 3.05) is 14.2 Å². The molecular weight excluding hydrogens is 2180 g/mol. The molecule has 814 valence electrons. The quantitative estimate of drug-likeness (QED) is 0.0541. The molecule has 0 heterocycles. The van der Waals surface area contributed by atoms with Gasteiger partial charge in [0, 0.05) is 20.0 Å². The fourth-order valence-electron chi connectivity index (χ4n) is 23.3. The predicted octanol–water partition coefficient (Wildman–Crippen LogP) is 38.2. The Hall–Kier alpha value is -6.17. The second-order valence-corrected chi connectivity index (χ2v) is 41.4. The third-order valence-electron chi connectivity index (χ3n) is 30.1. The van der Waals surface area contributed by atoms with Gasteiger partial charge in [0.25, 0.3) is 0 Å². The molecule has 8 aliphatic carbocycles. The van der Waals surface area contributed by atoms with Crippen LogP contribution >= 0.6 is 45.2 Å². The molecule has 0 aliphatic heterocycles. The van der Waals surface area contributed by atoms with Gasteiger partial charge < -0.3 is 29.9 Å². The normalized spacial score (nSPS) is 24.7. The van der Waals surface area contributed by atoms with Gasteiger partial charge in [0.15, 0.2) is 0 Å². The van der Waals surface area contributed by atoms with E-state index >= 15 is 0 Å². The average Bonchev–Trinajstić information content (AvgIpc) is 0.751. The summed E-state index contributed by atoms with van der Waals surface area (Å²) in [6, 6.07) is 8.46. The second kappa shape index (κ2) is 52.5. The van der Waals surface area contributed by atoms with Crippen molar-refractivity contribution in [3.05, 3.63) is 146 Å². The smallest absolute Gasteiger partial charge is 0.420 e. The fraction of sp³-hybridized carbons (Fsp3) is 0.683. The number of aromatic hydroxyl groups is 3. The summed E-state index contributed by atoms with van der Waals surface area (Å²) in [5.74, 6) is 2.00. The van der Waals surface area contributed by atoms with Crippen molar-refractivity contribution < 1.29 is 166 Å². The Morgan fingerprint density at radius 2 is 0.580 bits per heavy atom. The first kappa shape index (κ1) is 125. The molecule has 1 atom stereocenters. The number of benzene rings is 5. The number of ether oxygens (including phenoxy) is 2. The molecule has 7 fully saturated rings. The zero-order chi connectivity index (χ0) is 105. The summed E-state index contributed by atoms with van der Waals surface area (Å²) in [6.07, 6.45) is -11.4. The number of aliphatic hydroxyl groups is 1. The highest BCUT2D eigenvalue weighted by Crippen LogP contribution is 2.59.